The fraction of sp³-hybridized carbons (Fsp3) is 0.346. The monoisotopic (exact) mass is 462 g/mol. The number of ether oxygens (including phenoxy) is 2. The summed E-state index contributed by atoms with van der Waals surface area (Å²) in [6, 6.07) is 14.2. The number of methoxy groups -OCH3 is 1. The van der Waals surface area contributed by atoms with Crippen molar-refractivity contribution in [3.8, 4) is 17.0 Å². The van der Waals surface area contributed by atoms with Crippen LogP contribution in [0.25, 0.3) is 11.3 Å². The molecule has 5 rings (SSSR count). The normalized spacial score (nSPS) is 15.8. The van der Waals surface area contributed by atoms with E-state index in [1.54, 1.807) is 31.5 Å². The number of hydrogen-bond acceptors (Lipinski definition) is 6. The van der Waals surface area contributed by atoms with Crippen LogP contribution in [-0.2, 0) is 11.3 Å². The predicted molar refractivity (Wildman–Crippen MR) is 126 cm³/mol. The highest BCUT2D eigenvalue weighted by molar-refractivity contribution is 6.00. The van der Waals surface area contributed by atoms with E-state index in [1.807, 2.05) is 34.1 Å². The van der Waals surface area contributed by atoms with E-state index < -0.39 is 5.82 Å². The number of morpholine rings is 1. The standard InChI is InChI=1S/C26H27FN4O3/c1-33-20-6-4-5-18(15-20)17-31(19-9-10-19)25(32)22-16-28-26(30-11-13-34-14-12-30)29-24(22)21-7-2-3-8-23(21)27/h2-8,15-16,19H,9-14,17H2,1H3. The maximum atomic E-state index is 14.9. The Balaban J connectivity index is 1.52. The van der Waals surface area contributed by atoms with Crippen molar-refractivity contribution < 1.29 is 18.7 Å². The predicted octanol–water partition coefficient (Wildman–Crippen LogP) is 3.93. The third-order valence-corrected chi connectivity index (χ3v) is 6.16. The van der Waals surface area contributed by atoms with Gasteiger partial charge in [-0.25, -0.2) is 14.4 Å². The molecule has 34 heavy (non-hydrogen) atoms. The van der Waals surface area contributed by atoms with Gasteiger partial charge in [0.05, 0.1) is 31.6 Å². The number of carbonyl (C=O) groups excluding carboxylic acids is 1. The number of benzene rings is 2. The Morgan fingerprint density at radius 2 is 1.97 bits per heavy atom. The number of anilines is 1. The SMILES string of the molecule is COc1cccc(CN(C(=O)c2cnc(N3CCOCC3)nc2-c2ccccc2F)C2CC2)c1. The van der Waals surface area contributed by atoms with Crippen molar-refractivity contribution in [3.05, 3.63) is 71.7 Å². The fourth-order valence-electron chi connectivity index (χ4n) is 4.18. The van der Waals surface area contributed by atoms with Gasteiger partial charge in [-0.15, -0.1) is 0 Å². The van der Waals surface area contributed by atoms with Crippen molar-refractivity contribution in [2.24, 2.45) is 0 Å². The zero-order valence-electron chi connectivity index (χ0n) is 19.1. The van der Waals surface area contributed by atoms with Gasteiger partial charge in [-0.1, -0.05) is 24.3 Å². The minimum absolute atomic E-state index is 0.145. The van der Waals surface area contributed by atoms with Gasteiger partial charge in [-0.2, -0.15) is 0 Å². The molecule has 1 aromatic heterocycles. The lowest BCUT2D eigenvalue weighted by Gasteiger charge is -2.28. The Bertz CT molecular complexity index is 1180. The summed E-state index contributed by atoms with van der Waals surface area (Å²) >= 11 is 0. The molecule has 2 heterocycles. The maximum Gasteiger partial charge on any atom is 0.258 e. The van der Waals surface area contributed by atoms with E-state index >= 15 is 0 Å². The summed E-state index contributed by atoms with van der Waals surface area (Å²) in [5, 5.41) is 0. The molecule has 1 saturated carbocycles. The van der Waals surface area contributed by atoms with Crippen LogP contribution in [0.15, 0.2) is 54.7 Å². The lowest BCUT2D eigenvalue weighted by atomic mass is 10.0. The molecule has 8 heteroatoms. The average molecular weight is 463 g/mol. The number of aromatic nitrogens is 2. The van der Waals surface area contributed by atoms with Gasteiger partial charge >= 0.3 is 0 Å². The Morgan fingerprint density at radius 1 is 1.18 bits per heavy atom. The summed E-state index contributed by atoms with van der Waals surface area (Å²) in [5.41, 5.74) is 1.88. The zero-order valence-corrected chi connectivity index (χ0v) is 19.1. The van der Waals surface area contributed by atoms with E-state index in [9.17, 15) is 9.18 Å². The molecule has 1 saturated heterocycles. The number of nitrogens with zero attached hydrogens (tertiary/aromatic N) is 4. The molecule has 2 aromatic carbocycles. The third kappa shape index (κ3) is 4.72. The van der Waals surface area contributed by atoms with E-state index in [2.05, 4.69) is 4.98 Å². The molecule has 0 unspecified atom stereocenters. The summed E-state index contributed by atoms with van der Waals surface area (Å²) in [4.78, 5) is 26.9. The largest absolute Gasteiger partial charge is 0.497 e. The molecule has 3 aromatic rings. The molecule has 7 nitrogen and oxygen atoms in total. The van der Waals surface area contributed by atoms with Gasteiger partial charge in [0.2, 0.25) is 5.95 Å². The minimum Gasteiger partial charge on any atom is -0.497 e. The van der Waals surface area contributed by atoms with Gasteiger partial charge in [-0.3, -0.25) is 4.79 Å². The average Bonchev–Trinajstić information content (AvgIpc) is 3.73. The summed E-state index contributed by atoms with van der Waals surface area (Å²) < 4.78 is 25.6. The van der Waals surface area contributed by atoms with Crippen molar-refractivity contribution >= 4 is 11.9 Å². The number of halogens is 1. The van der Waals surface area contributed by atoms with Gasteiger partial charge in [-0.05, 0) is 42.7 Å². The molecule has 0 bridgehead atoms. The molecule has 1 amide bonds. The highest BCUT2D eigenvalue weighted by Crippen LogP contribution is 2.33. The van der Waals surface area contributed by atoms with Crippen LogP contribution in [0.1, 0.15) is 28.8 Å². The summed E-state index contributed by atoms with van der Waals surface area (Å²) in [6.07, 6.45) is 3.43. The van der Waals surface area contributed by atoms with Crippen molar-refractivity contribution in [3.63, 3.8) is 0 Å². The van der Waals surface area contributed by atoms with Gasteiger partial charge in [0.15, 0.2) is 0 Å². The fourth-order valence-corrected chi connectivity index (χ4v) is 4.18. The lowest BCUT2D eigenvalue weighted by molar-refractivity contribution is 0.0729. The minimum atomic E-state index is -0.422. The van der Waals surface area contributed by atoms with Crippen LogP contribution in [0.4, 0.5) is 10.3 Å². The van der Waals surface area contributed by atoms with E-state index in [-0.39, 0.29) is 11.9 Å². The molecule has 0 radical (unpaired) electrons. The quantitative estimate of drug-likeness (QED) is 0.530. The summed E-state index contributed by atoms with van der Waals surface area (Å²) in [7, 11) is 1.62. The van der Waals surface area contributed by atoms with Gasteiger partial charge in [0.1, 0.15) is 11.6 Å². The van der Waals surface area contributed by atoms with E-state index in [4.69, 9.17) is 14.5 Å². The molecule has 0 atom stereocenters. The van der Waals surface area contributed by atoms with Gasteiger partial charge in [0, 0.05) is 37.4 Å². The second-order valence-electron chi connectivity index (χ2n) is 8.53. The summed E-state index contributed by atoms with van der Waals surface area (Å²) in [5.74, 6) is 0.598. The van der Waals surface area contributed by atoms with Crippen LogP contribution in [0.5, 0.6) is 5.75 Å². The molecule has 0 spiro atoms. The Morgan fingerprint density at radius 3 is 2.71 bits per heavy atom. The van der Waals surface area contributed by atoms with Crippen molar-refractivity contribution in [1.82, 2.24) is 14.9 Å². The van der Waals surface area contributed by atoms with Crippen LogP contribution in [0, 0.1) is 5.82 Å². The third-order valence-electron chi connectivity index (χ3n) is 6.16. The van der Waals surface area contributed by atoms with Gasteiger partial charge < -0.3 is 19.3 Å². The maximum absolute atomic E-state index is 14.9. The Kier molecular flexibility index (Phi) is 6.40. The van der Waals surface area contributed by atoms with Crippen LogP contribution < -0.4 is 9.64 Å². The molecule has 1 aliphatic carbocycles. The first-order valence-corrected chi connectivity index (χ1v) is 11.5. The summed E-state index contributed by atoms with van der Waals surface area (Å²) in [6.45, 7) is 2.88. The van der Waals surface area contributed by atoms with Crippen LogP contribution in [0.3, 0.4) is 0 Å². The Labute approximate surface area is 198 Å². The second-order valence-corrected chi connectivity index (χ2v) is 8.53. The molecular formula is C26H27FN4O3. The molecule has 2 fully saturated rings. The topological polar surface area (TPSA) is 67.8 Å². The highest BCUT2D eigenvalue weighted by atomic mass is 19.1. The van der Waals surface area contributed by atoms with Crippen molar-refractivity contribution in [2.45, 2.75) is 25.4 Å². The van der Waals surface area contributed by atoms with Crippen molar-refractivity contribution in [2.75, 3.05) is 38.3 Å². The van der Waals surface area contributed by atoms with E-state index in [0.717, 1.165) is 24.2 Å². The Hall–Kier alpha value is -3.52. The number of amides is 1. The zero-order chi connectivity index (χ0) is 23.5. The van der Waals surface area contributed by atoms with Gasteiger partial charge in [0.25, 0.3) is 5.91 Å². The van der Waals surface area contributed by atoms with Crippen LogP contribution in [0.2, 0.25) is 0 Å². The first-order valence-electron chi connectivity index (χ1n) is 11.5. The molecule has 176 valence electrons. The van der Waals surface area contributed by atoms with Crippen molar-refractivity contribution in [1.29, 1.82) is 0 Å². The highest BCUT2D eigenvalue weighted by Gasteiger charge is 2.35. The van der Waals surface area contributed by atoms with Crippen LogP contribution in [-0.4, -0.2) is 60.2 Å². The molecule has 0 N–H and O–H groups in total. The second kappa shape index (κ2) is 9.77. The van der Waals surface area contributed by atoms with E-state index in [1.165, 1.54) is 6.07 Å². The molecule has 1 aliphatic heterocycles. The van der Waals surface area contributed by atoms with E-state index in [0.29, 0.717) is 55.6 Å². The van der Waals surface area contributed by atoms with Crippen LogP contribution >= 0.6 is 0 Å². The number of carbonyl (C=O) groups is 1. The molecular weight excluding hydrogens is 435 g/mol. The lowest BCUT2D eigenvalue weighted by Crippen LogP contribution is -2.38. The molecule has 2 aliphatic rings. The number of hydrogen-bond donors (Lipinski definition) is 0. The first-order chi connectivity index (χ1) is 16.6. The smallest absolute Gasteiger partial charge is 0.258 e. The number of rotatable bonds is 7. The first kappa shape index (κ1) is 22.3.